The molecule has 0 bridgehead atoms. The number of carbonyl (C=O) groups is 1. The van der Waals surface area contributed by atoms with Crippen LogP contribution in [0, 0.1) is 17.0 Å². The average molecular weight is 637 g/mol. The van der Waals surface area contributed by atoms with Crippen LogP contribution >= 0.6 is 0 Å². The van der Waals surface area contributed by atoms with E-state index in [0.717, 1.165) is 17.3 Å². The number of imidazole rings is 1. The van der Waals surface area contributed by atoms with Crippen LogP contribution in [-0.4, -0.2) is 53.6 Å². The number of pyridine rings is 1. The number of halogens is 2. The van der Waals surface area contributed by atoms with Crippen LogP contribution in [0.4, 0.5) is 8.78 Å². The largest absolute Gasteiger partial charge is 0.478 e. The third-order valence-corrected chi connectivity index (χ3v) is 8.46. The van der Waals surface area contributed by atoms with Crippen LogP contribution in [0.25, 0.3) is 28.0 Å². The molecular weight excluding hydrogens is 606 g/mol. The molecule has 0 radical (unpaired) electrons. The molecule has 238 valence electrons. The molecule has 1 unspecified atom stereocenters. The molecule has 6 aromatic rings. The van der Waals surface area contributed by atoms with Crippen molar-refractivity contribution in [2.45, 2.75) is 32.9 Å². The van der Waals surface area contributed by atoms with Crippen LogP contribution in [0.1, 0.15) is 47.2 Å². The lowest BCUT2D eigenvalue weighted by Gasteiger charge is -2.28. The fourth-order valence-electron chi connectivity index (χ4n) is 5.91. The fourth-order valence-corrected chi connectivity index (χ4v) is 5.91. The number of carboxylic acids is 1. The van der Waals surface area contributed by atoms with Gasteiger partial charge in [-0.1, -0.05) is 32.0 Å². The van der Waals surface area contributed by atoms with Crippen molar-refractivity contribution in [2.24, 2.45) is 5.41 Å². The predicted octanol–water partition coefficient (Wildman–Crippen LogP) is 6.42. The molecule has 10 nitrogen and oxygen atoms in total. The lowest BCUT2D eigenvalue weighted by Crippen LogP contribution is -2.27. The first-order valence-electron chi connectivity index (χ1n) is 15.0. The summed E-state index contributed by atoms with van der Waals surface area (Å²) >= 11 is 0. The molecule has 1 N–H and O–H groups in total. The molecule has 47 heavy (non-hydrogen) atoms. The van der Waals surface area contributed by atoms with Gasteiger partial charge in [0.15, 0.2) is 0 Å². The van der Waals surface area contributed by atoms with Crippen molar-refractivity contribution in [1.82, 2.24) is 29.3 Å². The summed E-state index contributed by atoms with van der Waals surface area (Å²) in [6.45, 7) is 5.22. The van der Waals surface area contributed by atoms with Gasteiger partial charge >= 0.3 is 5.97 Å². The summed E-state index contributed by atoms with van der Waals surface area (Å²) in [6, 6.07) is 19.3. The maximum Gasteiger partial charge on any atom is 0.335 e. The quantitative estimate of drug-likeness (QED) is 0.193. The molecule has 3 aromatic heterocycles. The van der Waals surface area contributed by atoms with Crippen molar-refractivity contribution in [3.8, 4) is 22.8 Å². The Morgan fingerprint density at radius 1 is 1.04 bits per heavy atom. The predicted molar refractivity (Wildman–Crippen MR) is 168 cm³/mol. The maximum atomic E-state index is 15.7. The first-order chi connectivity index (χ1) is 22.7. The van der Waals surface area contributed by atoms with Crippen LogP contribution in [0.2, 0.25) is 0 Å². The second-order valence-electron chi connectivity index (χ2n) is 12.2. The summed E-state index contributed by atoms with van der Waals surface area (Å²) in [7, 11) is 0. The van der Waals surface area contributed by atoms with Gasteiger partial charge < -0.3 is 19.1 Å². The van der Waals surface area contributed by atoms with E-state index in [1.165, 1.54) is 18.5 Å². The molecule has 3 aromatic carbocycles. The van der Waals surface area contributed by atoms with E-state index in [4.69, 9.17) is 14.5 Å². The normalized spacial score (nSPS) is 15.7. The molecule has 0 amide bonds. The smallest absolute Gasteiger partial charge is 0.335 e. The fraction of sp³-hybridized carbons (Fsp3) is 0.229. The van der Waals surface area contributed by atoms with Crippen molar-refractivity contribution in [1.29, 1.82) is 0 Å². The van der Waals surface area contributed by atoms with Crippen molar-refractivity contribution in [3.05, 3.63) is 120 Å². The molecule has 1 atom stereocenters. The van der Waals surface area contributed by atoms with E-state index < -0.39 is 17.6 Å². The van der Waals surface area contributed by atoms with Gasteiger partial charge in [0.05, 0.1) is 47.2 Å². The van der Waals surface area contributed by atoms with E-state index in [9.17, 15) is 9.90 Å². The van der Waals surface area contributed by atoms with E-state index in [1.807, 2.05) is 28.8 Å². The van der Waals surface area contributed by atoms with Gasteiger partial charge in [-0.15, -0.1) is 0 Å². The summed E-state index contributed by atoms with van der Waals surface area (Å²) in [5, 5.41) is 13.7. The lowest BCUT2D eigenvalue weighted by molar-refractivity contribution is 0.0697. The summed E-state index contributed by atoms with van der Waals surface area (Å²) < 4.78 is 46.6. The number of benzene rings is 3. The van der Waals surface area contributed by atoms with Crippen LogP contribution < -0.4 is 4.74 Å². The molecule has 1 fully saturated rings. The maximum absolute atomic E-state index is 15.7. The summed E-state index contributed by atoms with van der Waals surface area (Å²) in [4.78, 5) is 24.9. The Bertz CT molecular complexity index is 2090. The zero-order valence-corrected chi connectivity index (χ0v) is 25.6. The van der Waals surface area contributed by atoms with Crippen LogP contribution in [0.5, 0.6) is 5.88 Å². The van der Waals surface area contributed by atoms with Gasteiger partial charge in [-0.25, -0.2) is 33.2 Å². The number of fused-ring (bicyclic) bond motifs is 1. The van der Waals surface area contributed by atoms with Crippen molar-refractivity contribution >= 4 is 17.0 Å². The number of nitrogens with zero attached hydrogens (tertiary/aromatic N) is 6. The monoisotopic (exact) mass is 636 g/mol. The summed E-state index contributed by atoms with van der Waals surface area (Å²) in [5.74, 6) is -1.57. The van der Waals surface area contributed by atoms with E-state index in [-0.39, 0.29) is 52.7 Å². The van der Waals surface area contributed by atoms with Gasteiger partial charge in [0, 0.05) is 23.5 Å². The summed E-state index contributed by atoms with van der Waals surface area (Å²) in [5.41, 5.74) is 3.07. The Kier molecular flexibility index (Phi) is 7.72. The van der Waals surface area contributed by atoms with Gasteiger partial charge in [0.1, 0.15) is 36.7 Å². The molecule has 4 heterocycles. The Labute approximate surface area is 268 Å². The van der Waals surface area contributed by atoms with E-state index in [1.54, 1.807) is 41.3 Å². The minimum atomic E-state index is -1.06. The molecule has 1 aliphatic heterocycles. The van der Waals surface area contributed by atoms with Crippen molar-refractivity contribution in [3.63, 3.8) is 0 Å². The lowest BCUT2D eigenvalue weighted by atomic mass is 9.87. The number of carboxylic acid groups (broad SMARTS) is 1. The molecule has 1 aliphatic rings. The second-order valence-corrected chi connectivity index (χ2v) is 12.2. The zero-order chi connectivity index (χ0) is 32.7. The molecule has 12 heteroatoms. The highest BCUT2D eigenvalue weighted by Crippen LogP contribution is 2.40. The first-order valence-corrected chi connectivity index (χ1v) is 15.0. The van der Waals surface area contributed by atoms with Gasteiger partial charge in [-0.05, 0) is 59.7 Å². The highest BCUT2D eigenvalue weighted by molar-refractivity contribution is 5.92. The van der Waals surface area contributed by atoms with E-state index in [2.05, 4.69) is 28.9 Å². The highest BCUT2D eigenvalue weighted by Gasteiger charge is 2.39. The Morgan fingerprint density at radius 3 is 2.60 bits per heavy atom. The van der Waals surface area contributed by atoms with Crippen LogP contribution in [-0.2, 0) is 17.8 Å². The average Bonchev–Trinajstić information content (AvgIpc) is 3.80. The molecule has 1 saturated heterocycles. The number of hydrogen-bond donors (Lipinski definition) is 1. The highest BCUT2D eigenvalue weighted by atomic mass is 19.1. The topological polar surface area (TPSA) is 117 Å². The zero-order valence-electron chi connectivity index (χ0n) is 25.6. The molecule has 7 rings (SSSR count). The molecule has 0 spiro atoms. The SMILES string of the molecule is CC1(C)COCC1n1c(Cc2cc(F)c(-c3cccc(OCc4ccc(-n5cncn5)cc4)n3)cc2F)nc2ccc(C(=O)O)cc21. The number of rotatable bonds is 9. The third kappa shape index (κ3) is 5.95. The van der Waals surface area contributed by atoms with Gasteiger partial charge in [0.25, 0.3) is 0 Å². The number of aromatic carboxylic acids is 1. The van der Waals surface area contributed by atoms with Crippen LogP contribution in [0.3, 0.4) is 0 Å². The summed E-state index contributed by atoms with van der Waals surface area (Å²) in [6.07, 6.45) is 3.05. The van der Waals surface area contributed by atoms with Crippen molar-refractivity contribution < 1.29 is 28.2 Å². The second kappa shape index (κ2) is 12.0. The number of ether oxygens (including phenoxy) is 2. The number of hydrogen-bond acceptors (Lipinski definition) is 7. The minimum Gasteiger partial charge on any atom is -0.478 e. The van der Waals surface area contributed by atoms with Gasteiger partial charge in [-0.3, -0.25) is 0 Å². The standard InChI is InChI=1S/C35H30F2N6O4/c1-35(2)18-46-17-31(35)43-30-13-22(34(44)45)8-11-29(30)40-32(43)14-23-12-27(37)25(15-26(23)36)28-4-3-5-33(41-28)47-16-21-6-9-24(10-7-21)42-20-38-19-39-42/h3-13,15,19-20,31H,14,16-18H2,1-2H3,(H,44,45). The minimum absolute atomic E-state index is 0.00110. The Balaban J connectivity index is 1.14. The Morgan fingerprint density at radius 2 is 1.87 bits per heavy atom. The first kappa shape index (κ1) is 30.2. The third-order valence-electron chi connectivity index (χ3n) is 8.46. The van der Waals surface area contributed by atoms with Gasteiger partial charge in [0.2, 0.25) is 5.88 Å². The molecular formula is C35H30F2N6O4. The van der Waals surface area contributed by atoms with Crippen molar-refractivity contribution in [2.75, 3.05) is 13.2 Å². The van der Waals surface area contributed by atoms with E-state index in [0.29, 0.717) is 30.1 Å². The number of aromatic nitrogens is 6. The van der Waals surface area contributed by atoms with Gasteiger partial charge in [-0.2, -0.15) is 5.10 Å². The van der Waals surface area contributed by atoms with E-state index >= 15 is 8.78 Å². The Hall–Kier alpha value is -5.49. The van der Waals surface area contributed by atoms with Crippen LogP contribution in [0.15, 0.2) is 85.5 Å². The molecule has 0 saturated carbocycles. The molecule has 0 aliphatic carbocycles.